The Balaban J connectivity index is 1.65. The first-order valence-electron chi connectivity index (χ1n) is 10.3. The van der Waals surface area contributed by atoms with Gasteiger partial charge in [-0.05, 0) is 73.8 Å². The van der Waals surface area contributed by atoms with Crippen molar-refractivity contribution in [1.82, 2.24) is 5.32 Å². The molecule has 160 valence electrons. The molecule has 2 aliphatic rings. The van der Waals surface area contributed by atoms with E-state index in [1.807, 2.05) is 12.1 Å². The lowest BCUT2D eigenvalue weighted by Gasteiger charge is -2.23. The number of amides is 1. The van der Waals surface area contributed by atoms with E-state index in [9.17, 15) is 14.7 Å². The first kappa shape index (κ1) is 21.1. The second-order valence-corrected chi connectivity index (χ2v) is 8.42. The van der Waals surface area contributed by atoms with Gasteiger partial charge in [0, 0.05) is 11.3 Å². The molecule has 4 rings (SSSR count). The van der Waals surface area contributed by atoms with E-state index < -0.39 is 5.97 Å². The number of benzene rings is 2. The molecule has 0 bridgehead atoms. The Morgan fingerprint density at radius 3 is 2.52 bits per heavy atom. The molecule has 6 nitrogen and oxygen atoms in total. The van der Waals surface area contributed by atoms with E-state index in [0.29, 0.717) is 46.2 Å². The predicted molar refractivity (Wildman–Crippen MR) is 118 cm³/mol. The van der Waals surface area contributed by atoms with Crippen LogP contribution < -0.4 is 5.32 Å². The molecule has 0 heterocycles. The molecule has 0 unspecified atom stereocenters. The summed E-state index contributed by atoms with van der Waals surface area (Å²) < 4.78 is 0. The molecule has 1 fully saturated rings. The molecule has 31 heavy (non-hydrogen) atoms. The van der Waals surface area contributed by atoms with Crippen molar-refractivity contribution >= 4 is 29.2 Å². The summed E-state index contributed by atoms with van der Waals surface area (Å²) >= 11 is 6.37. The SMILES string of the molecule is N=C(C1=C(NC(=O)c2c(Cl)cccc2C2CC2)CCCC1)c1ccc(C(=O)O)c(O)c1. The van der Waals surface area contributed by atoms with Gasteiger partial charge in [-0.25, -0.2) is 4.79 Å². The van der Waals surface area contributed by atoms with Gasteiger partial charge in [0.2, 0.25) is 0 Å². The molecule has 1 amide bonds. The fraction of sp³-hybridized carbons (Fsp3) is 0.292. The van der Waals surface area contributed by atoms with E-state index in [2.05, 4.69) is 5.32 Å². The number of rotatable bonds is 6. The summed E-state index contributed by atoms with van der Waals surface area (Å²) in [5, 5.41) is 31.2. The van der Waals surface area contributed by atoms with Crippen LogP contribution in [0.25, 0.3) is 0 Å². The topological polar surface area (TPSA) is 110 Å². The van der Waals surface area contributed by atoms with Crippen LogP contribution >= 0.6 is 11.6 Å². The number of phenols is 1. The van der Waals surface area contributed by atoms with Gasteiger partial charge >= 0.3 is 5.97 Å². The number of aromatic hydroxyl groups is 1. The Morgan fingerprint density at radius 1 is 1.10 bits per heavy atom. The van der Waals surface area contributed by atoms with E-state index in [1.165, 1.54) is 18.2 Å². The van der Waals surface area contributed by atoms with E-state index >= 15 is 0 Å². The predicted octanol–water partition coefficient (Wildman–Crippen LogP) is 5.25. The molecule has 2 aromatic rings. The molecule has 0 aliphatic heterocycles. The van der Waals surface area contributed by atoms with Crippen molar-refractivity contribution in [3.63, 3.8) is 0 Å². The number of allylic oxidation sites excluding steroid dienone is 2. The fourth-order valence-electron chi connectivity index (χ4n) is 4.08. The number of aromatic carboxylic acids is 1. The van der Waals surface area contributed by atoms with Crippen LogP contribution in [0.15, 0.2) is 47.7 Å². The summed E-state index contributed by atoms with van der Waals surface area (Å²) in [7, 11) is 0. The lowest BCUT2D eigenvalue weighted by Crippen LogP contribution is -2.28. The van der Waals surface area contributed by atoms with Crippen LogP contribution in [0, 0.1) is 5.41 Å². The second kappa shape index (κ2) is 8.55. The summed E-state index contributed by atoms with van der Waals surface area (Å²) in [6.45, 7) is 0. The van der Waals surface area contributed by atoms with Gasteiger partial charge in [0.05, 0.1) is 16.3 Å². The van der Waals surface area contributed by atoms with Crippen LogP contribution in [0.5, 0.6) is 5.75 Å². The third-order valence-corrected chi connectivity index (χ3v) is 6.16. The van der Waals surface area contributed by atoms with Crippen LogP contribution in [0.2, 0.25) is 5.02 Å². The lowest BCUT2D eigenvalue weighted by atomic mass is 9.89. The van der Waals surface area contributed by atoms with Crippen molar-refractivity contribution in [3.05, 3.63) is 74.9 Å². The number of carbonyl (C=O) groups excluding carboxylic acids is 1. The molecule has 7 heteroatoms. The molecular formula is C24H23ClN2O4. The first-order valence-corrected chi connectivity index (χ1v) is 10.7. The van der Waals surface area contributed by atoms with Crippen molar-refractivity contribution in [2.24, 2.45) is 0 Å². The smallest absolute Gasteiger partial charge is 0.339 e. The Kier molecular flexibility index (Phi) is 5.83. The van der Waals surface area contributed by atoms with E-state index in [1.54, 1.807) is 6.07 Å². The van der Waals surface area contributed by atoms with Crippen LogP contribution in [-0.4, -0.2) is 27.8 Å². The highest BCUT2D eigenvalue weighted by atomic mass is 35.5. The van der Waals surface area contributed by atoms with Crippen LogP contribution in [-0.2, 0) is 0 Å². The standard InChI is InChI=1S/C24H23ClN2O4/c25-18-6-3-5-15(13-8-9-13)21(18)23(29)27-19-7-2-1-4-16(19)22(26)14-10-11-17(24(30)31)20(28)12-14/h3,5-6,10-13,26,28H,1-2,4,7-9H2,(H,27,29)(H,30,31). The maximum atomic E-state index is 13.2. The fourth-order valence-corrected chi connectivity index (χ4v) is 4.34. The Hall–Kier alpha value is -3.12. The van der Waals surface area contributed by atoms with Crippen LogP contribution in [0.4, 0.5) is 0 Å². The van der Waals surface area contributed by atoms with Gasteiger partial charge in [0.25, 0.3) is 5.91 Å². The number of nitrogens with one attached hydrogen (secondary N) is 2. The van der Waals surface area contributed by atoms with Crippen molar-refractivity contribution < 1.29 is 19.8 Å². The summed E-state index contributed by atoms with van der Waals surface area (Å²) in [6, 6.07) is 9.60. The molecule has 0 radical (unpaired) electrons. The summed E-state index contributed by atoms with van der Waals surface area (Å²) in [4.78, 5) is 24.3. The largest absolute Gasteiger partial charge is 0.507 e. The summed E-state index contributed by atoms with van der Waals surface area (Å²) in [5.74, 6) is -1.51. The molecule has 0 spiro atoms. The van der Waals surface area contributed by atoms with Gasteiger partial charge in [-0.2, -0.15) is 0 Å². The normalized spacial score (nSPS) is 16.2. The highest BCUT2D eigenvalue weighted by Gasteiger charge is 2.30. The molecule has 1 saturated carbocycles. The number of hydrogen-bond donors (Lipinski definition) is 4. The van der Waals surface area contributed by atoms with E-state index in [0.717, 1.165) is 31.2 Å². The molecule has 0 saturated heterocycles. The zero-order chi connectivity index (χ0) is 22.1. The Morgan fingerprint density at radius 2 is 1.84 bits per heavy atom. The number of carbonyl (C=O) groups is 2. The molecular weight excluding hydrogens is 416 g/mol. The third-order valence-electron chi connectivity index (χ3n) is 5.84. The maximum absolute atomic E-state index is 13.2. The number of carboxylic acids is 1. The summed E-state index contributed by atoms with van der Waals surface area (Å²) in [5.41, 5.74) is 3.21. The molecule has 0 atom stereocenters. The van der Waals surface area contributed by atoms with Gasteiger partial charge < -0.3 is 15.5 Å². The van der Waals surface area contributed by atoms with E-state index in [4.69, 9.17) is 22.1 Å². The average Bonchev–Trinajstić information content (AvgIpc) is 3.58. The molecule has 4 N–H and O–H groups in total. The maximum Gasteiger partial charge on any atom is 0.339 e. The van der Waals surface area contributed by atoms with Crippen LogP contribution in [0.3, 0.4) is 0 Å². The van der Waals surface area contributed by atoms with Gasteiger partial charge in [-0.3, -0.25) is 10.2 Å². The van der Waals surface area contributed by atoms with Crippen molar-refractivity contribution in [1.29, 1.82) is 5.41 Å². The van der Waals surface area contributed by atoms with Gasteiger partial charge in [-0.15, -0.1) is 0 Å². The summed E-state index contributed by atoms with van der Waals surface area (Å²) in [6.07, 6.45) is 5.13. The second-order valence-electron chi connectivity index (χ2n) is 8.01. The third kappa shape index (κ3) is 4.35. The van der Waals surface area contributed by atoms with Gasteiger partial charge in [-0.1, -0.05) is 29.8 Å². The average molecular weight is 439 g/mol. The minimum Gasteiger partial charge on any atom is -0.507 e. The van der Waals surface area contributed by atoms with E-state index in [-0.39, 0.29) is 22.9 Å². The van der Waals surface area contributed by atoms with Crippen molar-refractivity contribution in [2.45, 2.75) is 44.4 Å². The first-order chi connectivity index (χ1) is 14.9. The van der Waals surface area contributed by atoms with Crippen molar-refractivity contribution in [3.8, 4) is 5.75 Å². The monoisotopic (exact) mass is 438 g/mol. The van der Waals surface area contributed by atoms with Gasteiger partial charge in [0.1, 0.15) is 11.3 Å². The molecule has 2 aromatic carbocycles. The Labute approximate surface area is 185 Å². The van der Waals surface area contributed by atoms with Gasteiger partial charge in [0.15, 0.2) is 0 Å². The Bertz CT molecular complexity index is 1120. The minimum atomic E-state index is -1.23. The lowest BCUT2D eigenvalue weighted by molar-refractivity contribution is 0.0693. The van der Waals surface area contributed by atoms with Crippen molar-refractivity contribution in [2.75, 3.05) is 0 Å². The highest BCUT2D eigenvalue weighted by Crippen LogP contribution is 2.43. The minimum absolute atomic E-state index is 0.170. The molecule has 2 aliphatic carbocycles. The number of halogens is 1. The zero-order valence-electron chi connectivity index (χ0n) is 16.9. The highest BCUT2D eigenvalue weighted by molar-refractivity contribution is 6.34. The van der Waals surface area contributed by atoms with Crippen LogP contribution in [0.1, 0.15) is 76.3 Å². The number of carboxylic acid groups (broad SMARTS) is 1. The number of hydrogen-bond acceptors (Lipinski definition) is 4. The molecule has 0 aromatic heterocycles. The zero-order valence-corrected chi connectivity index (χ0v) is 17.6. The quantitative estimate of drug-likeness (QED) is 0.461.